The second kappa shape index (κ2) is 4.51. The summed E-state index contributed by atoms with van der Waals surface area (Å²) in [4.78, 5) is 10.8. The Morgan fingerprint density at radius 1 is 1.40 bits per heavy atom. The summed E-state index contributed by atoms with van der Waals surface area (Å²) in [6.45, 7) is 6.60. The molecule has 3 rings (SSSR count). The summed E-state index contributed by atoms with van der Waals surface area (Å²) in [5.74, 6) is -0.748. The van der Waals surface area contributed by atoms with Gasteiger partial charge in [-0.05, 0) is 31.2 Å². The van der Waals surface area contributed by atoms with Gasteiger partial charge in [-0.25, -0.2) is 0 Å². The Bertz CT molecular complexity index is 695. The zero-order chi connectivity index (χ0) is 14.4. The molecule has 20 heavy (non-hydrogen) atoms. The predicted molar refractivity (Wildman–Crippen MR) is 80.2 cm³/mol. The normalized spacial score (nSPS) is 17.2. The van der Waals surface area contributed by atoms with E-state index in [1.165, 1.54) is 17.0 Å². The molecule has 1 radical (unpaired) electrons. The fraction of sp³-hybridized carbons (Fsp3) is 0.333. The van der Waals surface area contributed by atoms with Gasteiger partial charge in [-0.1, -0.05) is 0 Å². The highest BCUT2D eigenvalue weighted by Crippen LogP contribution is 2.28. The van der Waals surface area contributed by atoms with Crippen LogP contribution in [-0.2, 0) is 4.79 Å². The first kappa shape index (κ1) is 13.0. The third kappa shape index (κ3) is 1.85. The number of carbonyl (C=O) groups is 1. The lowest BCUT2D eigenvalue weighted by Gasteiger charge is -2.30. The van der Waals surface area contributed by atoms with Crippen molar-refractivity contribution in [3.8, 4) is 0 Å². The van der Waals surface area contributed by atoms with E-state index in [1.54, 1.807) is 0 Å². The van der Waals surface area contributed by atoms with E-state index in [0.29, 0.717) is 6.42 Å². The van der Waals surface area contributed by atoms with E-state index in [2.05, 4.69) is 47.9 Å². The molecule has 0 amide bonds. The number of carboxylic acids is 1. The second-order valence-electron chi connectivity index (χ2n) is 5.51. The summed E-state index contributed by atoms with van der Waals surface area (Å²) < 4.78 is 4.55. The average Bonchev–Trinajstić information content (AvgIpc) is 2.90. The lowest BCUT2D eigenvalue weighted by molar-refractivity contribution is -0.323. The van der Waals surface area contributed by atoms with E-state index in [1.807, 2.05) is 6.08 Å². The van der Waals surface area contributed by atoms with E-state index in [0.717, 1.165) is 11.4 Å². The van der Waals surface area contributed by atoms with Crippen LogP contribution in [0.5, 0.6) is 0 Å². The molecule has 5 heteroatoms. The van der Waals surface area contributed by atoms with Gasteiger partial charge in [0.2, 0.25) is 0 Å². The minimum Gasteiger partial charge on any atom is -0.481 e. The lowest BCUT2D eigenvalue weighted by Crippen LogP contribution is -2.40. The highest BCUT2D eigenvalue weighted by molar-refractivity contribution is 6.49. The van der Waals surface area contributed by atoms with Crippen molar-refractivity contribution in [2.75, 3.05) is 0 Å². The van der Waals surface area contributed by atoms with Crippen LogP contribution >= 0.6 is 0 Å². The smallest absolute Gasteiger partial charge is 0.327 e. The number of allylic oxidation sites excluding steroid dienone is 2. The maximum atomic E-state index is 10.8. The molecule has 0 aliphatic carbocycles. The molecule has 1 aromatic heterocycles. The Morgan fingerprint density at radius 2 is 2.15 bits per heavy atom. The Labute approximate surface area is 118 Å². The van der Waals surface area contributed by atoms with E-state index < -0.39 is 5.97 Å². The van der Waals surface area contributed by atoms with Crippen LogP contribution in [0.2, 0.25) is 6.82 Å². The van der Waals surface area contributed by atoms with Crippen molar-refractivity contribution in [1.29, 1.82) is 0 Å². The van der Waals surface area contributed by atoms with Crippen molar-refractivity contribution >= 4 is 24.7 Å². The highest BCUT2D eigenvalue weighted by atomic mass is 16.4. The van der Waals surface area contributed by atoms with Crippen LogP contribution in [0.4, 0.5) is 0 Å². The van der Waals surface area contributed by atoms with Crippen LogP contribution < -0.4 is 0 Å². The number of aromatic nitrogens is 1. The first-order valence-electron chi connectivity index (χ1n) is 6.94. The summed E-state index contributed by atoms with van der Waals surface area (Å²) in [7, 11) is 0. The average molecular weight is 269 g/mol. The Morgan fingerprint density at radius 3 is 2.85 bits per heavy atom. The van der Waals surface area contributed by atoms with E-state index in [9.17, 15) is 4.79 Å². The van der Waals surface area contributed by atoms with Crippen molar-refractivity contribution in [2.24, 2.45) is 0 Å². The van der Waals surface area contributed by atoms with E-state index in [4.69, 9.17) is 5.11 Å². The Kier molecular flexibility index (Phi) is 2.92. The highest BCUT2D eigenvalue weighted by Gasteiger charge is 2.29. The molecule has 3 heterocycles. The zero-order valence-corrected chi connectivity index (χ0v) is 12.1. The van der Waals surface area contributed by atoms with Gasteiger partial charge in [-0.15, -0.1) is 6.82 Å². The fourth-order valence-corrected chi connectivity index (χ4v) is 3.29. The first-order valence-corrected chi connectivity index (χ1v) is 6.94. The van der Waals surface area contributed by atoms with E-state index >= 15 is 0 Å². The number of aliphatic carboxylic acids is 1. The molecule has 103 valence electrons. The molecule has 2 aliphatic rings. The van der Waals surface area contributed by atoms with Gasteiger partial charge in [0.1, 0.15) is 5.71 Å². The summed E-state index contributed by atoms with van der Waals surface area (Å²) in [6, 6.07) is 2.20. The monoisotopic (exact) mass is 269 g/mol. The maximum Gasteiger partial charge on any atom is 0.327 e. The molecule has 0 atom stereocenters. The van der Waals surface area contributed by atoms with Gasteiger partial charge in [-0.2, -0.15) is 0 Å². The van der Waals surface area contributed by atoms with Crippen molar-refractivity contribution < 1.29 is 14.4 Å². The van der Waals surface area contributed by atoms with Gasteiger partial charge >= 0.3 is 13.0 Å². The number of aryl methyl sites for hydroxylation is 2. The van der Waals surface area contributed by atoms with Crippen molar-refractivity contribution in [2.45, 2.75) is 33.5 Å². The molecule has 4 nitrogen and oxygen atoms in total. The number of nitrogens with zero attached hydrogens (tertiary/aromatic N) is 2. The van der Waals surface area contributed by atoms with Crippen LogP contribution in [0.1, 0.15) is 29.8 Å². The number of hydrogen-bond acceptors (Lipinski definition) is 1. The molecule has 2 aliphatic heterocycles. The Hall–Kier alpha value is -2.04. The van der Waals surface area contributed by atoms with Crippen LogP contribution in [-0.4, -0.2) is 32.7 Å². The van der Waals surface area contributed by atoms with Gasteiger partial charge in [0, 0.05) is 30.3 Å². The van der Waals surface area contributed by atoms with Gasteiger partial charge in [0.05, 0.1) is 6.42 Å². The molecule has 0 fully saturated rings. The second-order valence-corrected chi connectivity index (χ2v) is 5.51. The summed E-state index contributed by atoms with van der Waals surface area (Å²) >= 11 is 0. The third-order valence-corrected chi connectivity index (χ3v) is 4.13. The first-order chi connectivity index (χ1) is 9.49. The molecular formula is C15H18BN2O2. The van der Waals surface area contributed by atoms with Crippen molar-refractivity contribution in [1.82, 2.24) is 4.48 Å². The molecule has 1 N–H and O–H groups in total. The predicted octanol–water partition coefficient (Wildman–Crippen LogP) is 2.31. The largest absolute Gasteiger partial charge is 0.481 e. The quantitative estimate of drug-likeness (QED) is 0.856. The van der Waals surface area contributed by atoms with Gasteiger partial charge in [-0.3, -0.25) is 4.79 Å². The summed E-state index contributed by atoms with van der Waals surface area (Å²) in [6.07, 6.45) is 7.06. The molecule has 0 bridgehead atoms. The molecule has 1 aromatic rings. The zero-order valence-electron chi connectivity index (χ0n) is 12.1. The topological polar surface area (TPSA) is 45.2 Å². The van der Waals surface area contributed by atoms with Crippen molar-refractivity contribution in [3.05, 3.63) is 40.9 Å². The van der Waals surface area contributed by atoms with Crippen LogP contribution in [0.25, 0.3) is 6.08 Å². The van der Waals surface area contributed by atoms with Gasteiger partial charge < -0.3 is 14.1 Å². The van der Waals surface area contributed by atoms with E-state index in [-0.39, 0.29) is 13.4 Å². The number of rotatable bonds is 3. The molecule has 0 unspecified atom stereocenters. The molecule has 0 saturated heterocycles. The van der Waals surface area contributed by atoms with Gasteiger partial charge in [0.25, 0.3) is 0 Å². The van der Waals surface area contributed by atoms with Crippen molar-refractivity contribution in [3.63, 3.8) is 0 Å². The maximum absolute atomic E-state index is 10.8. The molecule has 0 aromatic carbocycles. The van der Waals surface area contributed by atoms with Gasteiger partial charge in [0.15, 0.2) is 5.70 Å². The molecule has 0 spiro atoms. The minimum absolute atomic E-state index is 0.173. The number of hydrogen-bond donors (Lipinski definition) is 1. The van der Waals surface area contributed by atoms with Crippen LogP contribution in [0.15, 0.2) is 23.9 Å². The standard InChI is InChI=1S/C15H17BN2O2/c1-10-8-11(2)17-14(10)9-13-5-4-12(6-7-15(19)20)18(13)16(17)3/h4-5,8-9H,6-7H2,1-3H3/q-1/p+1. The summed E-state index contributed by atoms with van der Waals surface area (Å²) in [5.41, 5.74) is 6.03. The SMILES string of the molecule is C[B-]1n2c(C)cc(C)c2C=C2C=CC(CCC(=O)O)=[N+]12. The minimum atomic E-state index is -0.748. The lowest BCUT2D eigenvalue weighted by atomic mass is 9.75. The number of fused-ring (bicyclic) bond motifs is 2. The molecule has 0 saturated carbocycles. The summed E-state index contributed by atoms with van der Waals surface area (Å²) in [5, 5.41) is 8.87. The molecular weight excluding hydrogens is 251 g/mol. The Balaban J connectivity index is 2.06. The fourth-order valence-electron chi connectivity index (χ4n) is 3.29. The van der Waals surface area contributed by atoms with Crippen LogP contribution in [0.3, 0.4) is 0 Å². The van der Waals surface area contributed by atoms with Crippen LogP contribution in [0, 0.1) is 13.8 Å². The third-order valence-electron chi connectivity index (χ3n) is 4.13. The number of carboxylic acid groups (broad SMARTS) is 1.